The SMILES string of the molecule is CC(C)N(Cc1ccc(C#N)cc1)C(=O)CCn1ccccc1=O. The first-order valence-corrected chi connectivity index (χ1v) is 7.95. The van der Waals surface area contributed by atoms with E-state index in [-0.39, 0.29) is 23.9 Å². The van der Waals surface area contributed by atoms with Gasteiger partial charge in [-0.2, -0.15) is 5.26 Å². The molecule has 1 aromatic carbocycles. The van der Waals surface area contributed by atoms with Gasteiger partial charge in [0.1, 0.15) is 0 Å². The maximum Gasteiger partial charge on any atom is 0.250 e. The Labute approximate surface area is 141 Å². The topological polar surface area (TPSA) is 66.1 Å². The molecule has 0 N–H and O–H groups in total. The van der Waals surface area contributed by atoms with Crippen molar-refractivity contribution in [2.75, 3.05) is 0 Å². The Balaban J connectivity index is 2.03. The molecular formula is C19H21N3O2. The van der Waals surface area contributed by atoms with E-state index >= 15 is 0 Å². The van der Waals surface area contributed by atoms with E-state index in [2.05, 4.69) is 6.07 Å². The second-order valence-electron chi connectivity index (χ2n) is 5.91. The van der Waals surface area contributed by atoms with Crippen molar-refractivity contribution in [3.63, 3.8) is 0 Å². The van der Waals surface area contributed by atoms with E-state index in [1.807, 2.05) is 26.0 Å². The maximum atomic E-state index is 12.6. The number of aromatic nitrogens is 1. The Morgan fingerprint density at radius 1 is 1.21 bits per heavy atom. The Morgan fingerprint density at radius 2 is 1.92 bits per heavy atom. The van der Waals surface area contributed by atoms with Gasteiger partial charge in [0.15, 0.2) is 0 Å². The zero-order valence-electron chi connectivity index (χ0n) is 14.0. The fourth-order valence-corrected chi connectivity index (χ4v) is 2.45. The number of carbonyl (C=O) groups excluding carboxylic acids is 1. The van der Waals surface area contributed by atoms with Gasteiger partial charge >= 0.3 is 0 Å². The number of hydrogen-bond donors (Lipinski definition) is 0. The molecule has 1 amide bonds. The minimum atomic E-state index is -0.103. The number of aryl methyl sites for hydroxylation is 1. The molecule has 24 heavy (non-hydrogen) atoms. The summed E-state index contributed by atoms with van der Waals surface area (Å²) in [6, 6.07) is 14.3. The minimum Gasteiger partial charge on any atom is -0.336 e. The molecule has 0 saturated heterocycles. The highest BCUT2D eigenvalue weighted by Gasteiger charge is 2.17. The molecule has 0 bridgehead atoms. The van der Waals surface area contributed by atoms with Gasteiger partial charge < -0.3 is 9.47 Å². The van der Waals surface area contributed by atoms with Crippen LogP contribution in [0.15, 0.2) is 53.5 Å². The molecule has 1 heterocycles. The van der Waals surface area contributed by atoms with E-state index in [0.717, 1.165) is 5.56 Å². The monoisotopic (exact) mass is 323 g/mol. The number of rotatable bonds is 6. The van der Waals surface area contributed by atoms with Crippen LogP contribution in [0.2, 0.25) is 0 Å². The summed E-state index contributed by atoms with van der Waals surface area (Å²) in [6.45, 7) is 4.80. The summed E-state index contributed by atoms with van der Waals surface area (Å²) in [4.78, 5) is 26.0. The van der Waals surface area contributed by atoms with Crippen LogP contribution in [-0.2, 0) is 17.9 Å². The van der Waals surface area contributed by atoms with E-state index in [1.165, 1.54) is 10.6 Å². The van der Waals surface area contributed by atoms with Crippen LogP contribution in [0.25, 0.3) is 0 Å². The van der Waals surface area contributed by atoms with Crippen LogP contribution in [0, 0.1) is 11.3 Å². The minimum absolute atomic E-state index is 0.00473. The molecule has 0 aliphatic carbocycles. The smallest absolute Gasteiger partial charge is 0.250 e. The molecule has 0 aliphatic heterocycles. The third-order valence-electron chi connectivity index (χ3n) is 3.85. The summed E-state index contributed by atoms with van der Waals surface area (Å²) in [7, 11) is 0. The van der Waals surface area contributed by atoms with Gasteiger partial charge in [-0.15, -0.1) is 0 Å². The molecule has 5 nitrogen and oxygen atoms in total. The third kappa shape index (κ3) is 4.56. The van der Waals surface area contributed by atoms with Gasteiger partial charge in [0.05, 0.1) is 11.6 Å². The van der Waals surface area contributed by atoms with Crippen LogP contribution < -0.4 is 5.56 Å². The highest BCUT2D eigenvalue weighted by Crippen LogP contribution is 2.11. The van der Waals surface area contributed by atoms with Gasteiger partial charge in [-0.3, -0.25) is 9.59 Å². The average Bonchev–Trinajstić information content (AvgIpc) is 2.59. The molecule has 0 saturated carbocycles. The van der Waals surface area contributed by atoms with Crippen LogP contribution >= 0.6 is 0 Å². The van der Waals surface area contributed by atoms with E-state index in [4.69, 9.17) is 5.26 Å². The molecule has 0 fully saturated rings. The van der Waals surface area contributed by atoms with Crippen LogP contribution in [0.3, 0.4) is 0 Å². The fourth-order valence-electron chi connectivity index (χ4n) is 2.45. The molecule has 2 rings (SSSR count). The fraction of sp³-hybridized carbons (Fsp3) is 0.316. The third-order valence-corrected chi connectivity index (χ3v) is 3.85. The number of nitriles is 1. The number of benzene rings is 1. The number of pyridine rings is 1. The lowest BCUT2D eigenvalue weighted by molar-refractivity contribution is -0.133. The maximum absolute atomic E-state index is 12.6. The average molecular weight is 323 g/mol. The van der Waals surface area contributed by atoms with E-state index in [9.17, 15) is 9.59 Å². The van der Waals surface area contributed by atoms with Gasteiger partial charge in [0.2, 0.25) is 5.91 Å². The highest BCUT2D eigenvalue weighted by molar-refractivity contribution is 5.76. The van der Waals surface area contributed by atoms with Gasteiger partial charge in [0.25, 0.3) is 5.56 Å². The Morgan fingerprint density at radius 3 is 2.50 bits per heavy atom. The molecule has 0 unspecified atom stereocenters. The summed E-state index contributed by atoms with van der Waals surface area (Å²) >= 11 is 0. The quantitative estimate of drug-likeness (QED) is 0.820. The Bertz CT molecular complexity index is 785. The van der Waals surface area contributed by atoms with E-state index < -0.39 is 0 Å². The first-order valence-electron chi connectivity index (χ1n) is 7.95. The molecule has 124 valence electrons. The lowest BCUT2D eigenvalue weighted by Crippen LogP contribution is -2.37. The van der Waals surface area contributed by atoms with Gasteiger partial charge in [-0.05, 0) is 37.6 Å². The van der Waals surface area contributed by atoms with Crippen LogP contribution in [0.4, 0.5) is 0 Å². The Hall–Kier alpha value is -2.87. The normalized spacial score (nSPS) is 10.4. The predicted molar refractivity (Wildman–Crippen MR) is 92.2 cm³/mol. The summed E-state index contributed by atoms with van der Waals surface area (Å²) in [5.74, 6) is 0.00473. The zero-order chi connectivity index (χ0) is 17.5. The summed E-state index contributed by atoms with van der Waals surface area (Å²) in [5.41, 5.74) is 1.48. The number of hydrogen-bond acceptors (Lipinski definition) is 3. The molecule has 1 aromatic heterocycles. The van der Waals surface area contributed by atoms with Crippen LogP contribution in [0.1, 0.15) is 31.4 Å². The Kier molecular flexibility index (Phi) is 5.91. The first-order chi connectivity index (χ1) is 11.5. The highest BCUT2D eigenvalue weighted by atomic mass is 16.2. The molecule has 0 atom stereocenters. The second-order valence-corrected chi connectivity index (χ2v) is 5.91. The van der Waals surface area contributed by atoms with E-state index in [1.54, 1.807) is 35.4 Å². The van der Waals surface area contributed by atoms with E-state index in [0.29, 0.717) is 18.7 Å². The van der Waals surface area contributed by atoms with Crippen molar-refractivity contribution < 1.29 is 4.79 Å². The number of amides is 1. The van der Waals surface area contributed by atoms with Crippen molar-refractivity contribution in [2.24, 2.45) is 0 Å². The molecular weight excluding hydrogens is 302 g/mol. The molecule has 5 heteroatoms. The molecule has 2 aromatic rings. The lowest BCUT2D eigenvalue weighted by Gasteiger charge is -2.27. The zero-order valence-corrected chi connectivity index (χ0v) is 14.0. The summed E-state index contributed by atoms with van der Waals surface area (Å²) < 4.78 is 1.54. The van der Waals surface area contributed by atoms with Crippen molar-refractivity contribution >= 4 is 5.91 Å². The van der Waals surface area contributed by atoms with Crippen LogP contribution in [-0.4, -0.2) is 21.4 Å². The number of carbonyl (C=O) groups is 1. The van der Waals surface area contributed by atoms with Crippen LogP contribution in [0.5, 0.6) is 0 Å². The summed E-state index contributed by atoms with van der Waals surface area (Å²) in [6.07, 6.45) is 1.97. The van der Waals surface area contributed by atoms with Crippen molar-refractivity contribution in [2.45, 2.75) is 39.4 Å². The second kappa shape index (κ2) is 8.11. The molecule has 0 aliphatic rings. The summed E-state index contributed by atoms with van der Waals surface area (Å²) in [5, 5.41) is 8.85. The van der Waals surface area contributed by atoms with Crippen molar-refractivity contribution in [3.05, 3.63) is 70.1 Å². The molecule has 0 radical (unpaired) electrons. The van der Waals surface area contributed by atoms with Crippen molar-refractivity contribution in [3.8, 4) is 6.07 Å². The lowest BCUT2D eigenvalue weighted by atomic mass is 10.1. The van der Waals surface area contributed by atoms with Crippen molar-refractivity contribution in [1.82, 2.24) is 9.47 Å². The molecule has 0 spiro atoms. The largest absolute Gasteiger partial charge is 0.336 e. The van der Waals surface area contributed by atoms with Gasteiger partial charge in [-0.25, -0.2) is 0 Å². The van der Waals surface area contributed by atoms with Gasteiger partial charge in [0, 0.05) is 37.8 Å². The first kappa shape index (κ1) is 17.5. The standard InChI is InChI=1S/C19H21N3O2/c1-15(2)22(14-17-8-6-16(13-20)7-9-17)19(24)10-12-21-11-4-3-5-18(21)23/h3-9,11,15H,10,12,14H2,1-2H3. The predicted octanol–water partition coefficient (Wildman–Crippen LogP) is 2.55. The van der Waals surface area contributed by atoms with Crippen molar-refractivity contribution in [1.29, 1.82) is 5.26 Å². The van der Waals surface area contributed by atoms with Gasteiger partial charge in [-0.1, -0.05) is 18.2 Å². The number of nitrogens with zero attached hydrogens (tertiary/aromatic N) is 3.